The van der Waals surface area contributed by atoms with Gasteiger partial charge in [0.2, 0.25) is 0 Å². The van der Waals surface area contributed by atoms with Gasteiger partial charge in [0.15, 0.2) is 9.84 Å². The van der Waals surface area contributed by atoms with Gasteiger partial charge in [-0.05, 0) is 31.0 Å². The monoisotopic (exact) mass is 429 g/mol. The molecule has 2 heterocycles. The highest BCUT2D eigenvalue weighted by atomic mass is 32.2. The first-order valence-electron chi connectivity index (χ1n) is 9.51. The van der Waals surface area contributed by atoms with Crippen molar-refractivity contribution in [2.45, 2.75) is 25.4 Å². The Hall–Kier alpha value is -3.00. The number of carbonyl (C=O) groups is 2. The van der Waals surface area contributed by atoms with E-state index in [-0.39, 0.29) is 29.3 Å². The fourth-order valence-corrected chi connectivity index (χ4v) is 5.80. The number of hydrogen-bond acceptors (Lipinski definition) is 5. The second-order valence-electron chi connectivity index (χ2n) is 7.68. The van der Waals surface area contributed by atoms with Gasteiger partial charge in [0.25, 0.3) is 11.7 Å². The average Bonchev–Trinajstić information content (AvgIpc) is 3.18. The predicted molar refractivity (Wildman–Crippen MR) is 109 cm³/mol. The highest BCUT2D eigenvalue weighted by molar-refractivity contribution is 7.91. The van der Waals surface area contributed by atoms with Gasteiger partial charge >= 0.3 is 0 Å². The number of aliphatic hydroxyl groups excluding tert-OH is 1. The number of ketones is 1. The third-order valence-corrected chi connectivity index (χ3v) is 7.32. The number of nitrogens with zero attached hydrogens (tertiary/aromatic N) is 1. The number of aryl methyl sites for hydroxylation is 1. The average molecular weight is 429 g/mol. The van der Waals surface area contributed by atoms with Crippen molar-refractivity contribution >= 4 is 27.3 Å². The summed E-state index contributed by atoms with van der Waals surface area (Å²) in [4.78, 5) is 27.0. The van der Waals surface area contributed by atoms with E-state index in [1.165, 1.54) is 23.1 Å². The van der Waals surface area contributed by atoms with E-state index in [9.17, 15) is 27.5 Å². The maximum Gasteiger partial charge on any atom is 0.295 e. The van der Waals surface area contributed by atoms with Crippen molar-refractivity contribution in [2.75, 3.05) is 11.5 Å². The summed E-state index contributed by atoms with van der Waals surface area (Å²) in [5, 5.41) is 10.9. The van der Waals surface area contributed by atoms with Crippen LogP contribution in [0.5, 0.6) is 0 Å². The lowest BCUT2D eigenvalue weighted by atomic mass is 9.94. The van der Waals surface area contributed by atoms with E-state index in [0.29, 0.717) is 11.1 Å². The Balaban J connectivity index is 1.90. The fourth-order valence-electron chi connectivity index (χ4n) is 4.09. The van der Waals surface area contributed by atoms with Crippen LogP contribution in [-0.2, 0) is 19.4 Å². The van der Waals surface area contributed by atoms with E-state index in [0.717, 1.165) is 5.56 Å². The number of carbonyl (C=O) groups excluding carboxylic acids is 2. The van der Waals surface area contributed by atoms with E-state index in [1.54, 1.807) is 30.3 Å². The summed E-state index contributed by atoms with van der Waals surface area (Å²) in [5.74, 6) is -3.09. The molecule has 0 bridgehead atoms. The molecule has 2 unspecified atom stereocenters. The molecule has 2 saturated heterocycles. The molecule has 2 aliphatic rings. The maximum atomic E-state index is 14.0. The molecule has 0 saturated carbocycles. The zero-order valence-corrected chi connectivity index (χ0v) is 17.0. The lowest BCUT2D eigenvalue weighted by Crippen LogP contribution is -2.40. The zero-order chi connectivity index (χ0) is 21.6. The molecule has 4 rings (SSSR count). The normalized spacial score (nSPS) is 25.1. The summed E-state index contributed by atoms with van der Waals surface area (Å²) >= 11 is 0. The number of likely N-dealkylation sites (tertiary alicyclic amines) is 1. The summed E-state index contributed by atoms with van der Waals surface area (Å²) in [6.45, 7) is 1.87. The highest BCUT2D eigenvalue weighted by Gasteiger charge is 2.50. The molecule has 2 aromatic rings. The second kappa shape index (κ2) is 7.36. The molecule has 0 spiro atoms. The van der Waals surface area contributed by atoms with Crippen molar-refractivity contribution in [3.8, 4) is 0 Å². The first kappa shape index (κ1) is 20.3. The van der Waals surface area contributed by atoms with Crippen LogP contribution in [0.3, 0.4) is 0 Å². The Kier molecular flexibility index (Phi) is 4.97. The number of amides is 1. The van der Waals surface area contributed by atoms with Crippen molar-refractivity contribution in [3.05, 3.63) is 76.6 Å². The minimum Gasteiger partial charge on any atom is -0.507 e. The van der Waals surface area contributed by atoms with Gasteiger partial charge in [-0.2, -0.15) is 0 Å². The summed E-state index contributed by atoms with van der Waals surface area (Å²) in [5.41, 5.74) is 1.43. The molecule has 2 aromatic carbocycles. The van der Waals surface area contributed by atoms with E-state index in [2.05, 4.69) is 0 Å². The lowest BCUT2D eigenvalue weighted by Gasteiger charge is -2.30. The van der Waals surface area contributed by atoms with Crippen LogP contribution in [0.1, 0.15) is 29.2 Å². The van der Waals surface area contributed by atoms with Crippen LogP contribution in [0.4, 0.5) is 4.39 Å². The molecule has 8 heteroatoms. The van der Waals surface area contributed by atoms with E-state index in [4.69, 9.17) is 0 Å². The van der Waals surface area contributed by atoms with Crippen LogP contribution in [0.25, 0.3) is 5.76 Å². The van der Waals surface area contributed by atoms with Crippen LogP contribution in [0.15, 0.2) is 54.1 Å². The molecule has 0 radical (unpaired) electrons. The third kappa shape index (κ3) is 3.52. The molecular weight excluding hydrogens is 409 g/mol. The quantitative estimate of drug-likeness (QED) is 0.460. The van der Waals surface area contributed by atoms with Crippen LogP contribution in [0.2, 0.25) is 0 Å². The highest BCUT2D eigenvalue weighted by Crippen LogP contribution is 2.42. The van der Waals surface area contributed by atoms with Gasteiger partial charge in [-0.3, -0.25) is 9.59 Å². The van der Waals surface area contributed by atoms with Crippen molar-refractivity contribution in [3.63, 3.8) is 0 Å². The van der Waals surface area contributed by atoms with Crippen molar-refractivity contribution in [1.82, 2.24) is 4.90 Å². The SMILES string of the molecule is Cc1ccc(/C(O)=C2/C(=O)C(=O)N(C3CCS(=O)(=O)C3)C2c2cccc(F)c2)cc1. The lowest BCUT2D eigenvalue weighted by molar-refractivity contribution is -0.141. The molecule has 1 amide bonds. The van der Waals surface area contributed by atoms with E-state index in [1.807, 2.05) is 6.92 Å². The van der Waals surface area contributed by atoms with Crippen LogP contribution >= 0.6 is 0 Å². The molecular formula is C22H20FNO5S. The molecule has 2 fully saturated rings. The van der Waals surface area contributed by atoms with Gasteiger partial charge in [-0.1, -0.05) is 42.0 Å². The van der Waals surface area contributed by atoms with Crippen LogP contribution < -0.4 is 0 Å². The Morgan fingerprint density at radius 2 is 1.83 bits per heavy atom. The summed E-state index contributed by atoms with van der Waals surface area (Å²) < 4.78 is 38.0. The van der Waals surface area contributed by atoms with Crippen LogP contribution in [-0.4, -0.2) is 47.7 Å². The molecule has 30 heavy (non-hydrogen) atoms. The number of Topliss-reactive ketones (excluding diaryl/α,β-unsaturated/α-hetero) is 1. The first-order valence-corrected chi connectivity index (χ1v) is 11.3. The molecule has 0 aliphatic carbocycles. The minimum absolute atomic E-state index is 0.0888. The molecule has 2 atom stereocenters. The Labute approximate surface area is 173 Å². The number of sulfone groups is 1. The zero-order valence-electron chi connectivity index (χ0n) is 16.2. The van der Waals surface area contributed by atoms with E-state index < -0.39 is 39.4 Å². The number of aliphatic hydroxyl groups is 1. The summed E-state index contributed by atoms with van der Waals surface area (Å²) in [6.07, 6.45) is 0.186. The number of rotatable bonds is 3. The predicted octanol–water partition coefficient (Wildman–Crippen LogP) is 2.74. The van der Waals surface area contributed by atoms with Gasteiger partial charge in [0.1, 0.15) is 11.6 Å². The van der Waals surface area contributed by atoms with Gasteiger partial charge in [-0.25, -0.2) is 12.8 Å². The summed E-state index contributed by atoms with van der Waals surface area (Å²) in [7, 11) is -3.34. The maximum absolute atomic E-state index is 14.0. The van der Waals surface area contributed by atoms with E-state index >= 15 is 0 Å². The summed E-state index contributed by atoms with van der Waals surface area (Å²) in [6, 6.07) is 10.4. The van der Waals surface area contributed by atoms with Gasteiger partial charge in [0.05, 0.1) is 23.1 Å². The molecule has 0 aromatic heterocycles. The third-order valence-electron chi connectivity index (χ3n) is 5.57. The van der Waals surface area contributed by atoms with Gasteiger partial charge in [0, 0.05) is 11.6 Å². The second-order valence-corrected chi connectivity index (χ2v) is 9.91. The Morgan fingerprint density at radius 1 is 1.13 bits per heavy atom. The van der Waals surface area contributed by atoms with Crippen molar-refractivity contribution < 1.29 is 27.5 Å². The van der Waals surface area contributed by atoms with Crippen molar-refractivity contribution in [1.29, 1.82) is 0 Å². The molecule has 6 nitrogen and oxygen atoms in total. The van der Waals surface area contributed by atoms with Gasteiger partial charge in [-0.15, -0.1) is 0 Å². The molecule has 156 valence electrons. The first-order chi connectivity index (χ1) is 14.2. The topological polar surface area (TPSA) is 91.8 Å². The standard InChI is InChI=1S/C22H20FNO5S/c1-13-5-7-14(8-6-13)20(25)18-19(15-3-2-4-16(23)11-15)24(22(27)21(18)26)17-9-10-30(28,29)12-17/h2-8,11,17,19,25H,9-10,12H2,1H3/b20-18-. The van der Waals surface area contributed by atoms with Crippen LogP contribution in [0, 0.1) is 12.7 Å². The Morgan fingerprint density at radius 3 is 2.43 bits per heavy atom. The number of halogens is 1. The Bertz CT molecular complexity index is 1170. The molecule has 1 N–H and O–H groups in total. The number of hydrogen-bond donors (Lipinski definition) is 1. The van der Waals surface area contributed by atoms with Gasteiger partial charge < -0.3 is 10.0 Å². The minimum atomic E-state index is -3.34. The fraction of sp³-hybridized carbons (Fsp3) is 0.273. The molecule has 2 aliphatic heterocycles. The smallest absolute Gasteiger partial charge is 0.295 e. The number of benzene rings is 2. The van der Waals surface area contributed by atoms with Crippen molar-refractivity contribution in [2.24, 2.45) is 0 Å². The largest absolute Gasteiger partial charge is 0.507 e.